The summed E-state index contributed by atoms with van der Waals surface area (Å²) in [4.78, 5) is 26.1. The van der Waals surface area contributed by atoms with Crippen molar-refractivity contribution in [2.45, 2.75) is 31.3 Å². The van der Waals surface area contributed by atoms with Crippen LogP contribution in [0.1, 0.15) is 30.3 Å². The lowest BCUT2D eigenvalue weighted by atomic mass is 9.93. The second-order valence-electron chi connectivity index (χ2n) is 5.73. The Morgan fingerprint density at radius 3 is 2.82 bits per heavy atom. The number of likely N-dealkylation sites (N-methyl/N-ethyl adjacent to an activating group) is 1. The van der Waals surface area contributed by atoms with Crippen molar-refractivity contribution in [1.29, 1.82) is 0 Å². The minimum absolute atomic E-state index is 0.173. The van der Waals surface area contributed by atoms with Gasteiger partial charge in [0.2, 0.25) is 6.34 Å². The van der Waals surface area contributed by atoms with Crippen molar-refractivity contribution in [3.05, 3.63) is 22.4 Å². The zero-order valence-corrected chi connectivity index (χ0v) is 14.1. The average molecular weight is 371 g/mol. The van der Waals surface area contributed by atoms with E-state index in [1.807, 2.05) is 24.9 Å². The molecule has 0 aliphatic carbocycles. The van der Waals surface area contributed by atoms with Crippen molar-refractivity contribution in [2.75, 3.05) is 13.6 Å². The Hall–Kier alpha value is -1.83. The molecule has 2 rings (SSSR count). The number of carboxylic acids is 1. The molecule has 1 aliphatic rings. The van der Waals surface area contributed by atoms with E-state index < -0.39 is 17.9 Å². The third-order valence-electron chi connectivity index (χ3n) is 4.07. The van der Waals surface area contributed by atoms with Gasteiger partial charge in [-0.05, 0) is 41.8 Å². The minimum Gasteiger partial charge on any atom is -0.548 e. The van der Waals surface area contributed by atoms with Gasteiger partial charge in [-0.25, -0.2) is 0 Å². The monoisotopic (exact) mass is 370 g/mol. The molecule has 0 bridgehead atoms. The molecule has 1 aromatic heterocycles. The first kappa shape index (κ1) is 16.5. The number of hydrogen-bond donors (Lipinski definition) is 3. The molecule has 1 amide bonds. The van der Waals surface area contributed by atoms with E-state index >= 15 is 0 Å². The zero-order valence-electron chi connectivity index (χ0n) is 12.5. The van der Waals surface area contributed by atoms with Gasteiger partial charge in [0.25, 0.3) is 5.91 Å². The van der Waals surface area contributed by atoms with E-state index in [9.17, 15) is 14.7 Å². The molecule has 120 valence electrons. The van der Waals surface area contributed by atoms with Crippen LogP contribution in [0.2, 0.25) is 0 Å². The lowest BCUT2D eigenvalue weighted by Gasteiger charge is -2.25. The standard InChI is InChI=1S/C14H19BrN4O3/c1-14(7-16-8-19(14)2)4-3-10(13(21)22)18-12(20)11-5-9(15)6-17-11/h5-6,8,10H,3-4,7H2,1-2H3,(H3,17,18,20,21,22)/t10-,14+/m1/s1. The highest BCUT2D eigenvalue weighted by molar-refractivity contribution is 9.10. The van der Waals surface area contributed by atoms with Crippen LogP contribution in [-0.2, 0) is 4.79 Å². The second-order valence-corrected chi connectivity index (χ2v) is 6.65. The van der Waals surface area contributed by atoms with Crippen molar-refractivity contribution in [3.8, 4) is 0 Å². The van der Waals surface area contributed by atoms with Crippen molar-refractivity contribution in [1.82, 2.24) is 15.6 Å². The molecule has 0 saturated heterocycles. The first-order chi connectivity index (χ1) is 10.3. The van der Waals surface area contributed by atoms with Crippen LogP contribution in [0.4, 0.5) is 0 Å². The number of halogens is 1. The Bertz CT molecular complexity index is 613. The molecule has 7 nitrogen and oxygen atoms in total. The molecule has 0 aromatic carbocycles. The summed E-state index contributed by atoms with van der Waals surface area (Å²) in [6.07, 6.45) is 4.38. The Morgan fingerprint density at radius 2 is 2.32 bits per heavy atom. The molecule has 2 heterocycles. The number of carboxylic acid groups (broad SMARTS) is 1. The Labute approximate surface area is 136 Å². The summed E-state index contributed by atoms with van der Waals surface area (Å²) >= 11 is 3.23. The first-order valence-corrected chi connectivity index (χ1v) is 7.76. The van der Waals surface area contributed by atoms with E-state index in [2.05, 4.69) is 31.5 Å². The lowest BCUT2D eigenvalue weighted by molar-refractivity contribution is -0.565. The van der Waals surface area contributed by atoms with Crippen LogP contribution < -0.4 is 15.7 Å². The molecule has 0 fully saturated rings. The van der Waals surface area contributed by atoms with Gasteiger partial charge in [-0.1, -0.05) is 0 Å². The number of rotatable bonds is 6. The van der Waals surface area contributed by atoms with Crippen molar-refractivity contribution < 1.29 is 19.3 Å². The molecule has 8 heteroatoms. The van der Waals surface area contributed by atoms with Crippen LogP contribution in [0, 0.1) is 0 Å². The van der Waals surface area contributed by atoms with Gasteiger partial charge in [0, 0.05) is 10.7 Å². The summed E-state index contributed by atoms with van der Waals surface area (Å²) in [6.45, 7) is 2.78. The predicted octanol–water partition coefficient (Wildman–Crippen LogP) is -0.562. The normalized spacial score (nSPS) is 21.9. The van der Waals surface area contributed by atoms with Crippen molar-refractivity contribution >= 4 is 34.1 Å². The number of aromatic amines is 1. The smallest absolute Gasteiger partial charge is 0.268 e. The number of aliphatic carboxylic acids is 1. The molecule has 2 atom stereocenters. The highest BCUT2D eigenvalue weighted by Crippen LogP contribution is 2.19. The van der Waals surface area contributed by atoms with Gasteiger partial charge in [-0.3, -0.25) is 14.7 Å². The Morgan fingerprint density at radius 1 is 1.59 bits per heavy atom. The van der Waals surface area contributed by atoms with E-state index in [0.717, 1.165) is 11.0 Å². The number of carbonyl (C=O) groups excluding carboxylic acids is 2. The molecule has 0 unspecified atom stereocenters. The van der Waals surface area contributed by atoms with Crippen LogP contribution in [0.15, 0.2) is 16.7 Å². The van der Waals surface area contributed by atoms with Crippen molar-refractivity contribution in [3.63, 3.8) is 0 Å². The van der Waals surface area contributed by atoms with Gasteiger partial charge >= 0.3 is 0 Å². The van der Waals surface area contributed by atoms with Gasteiger partial charge in [0.1, 0.15) is 17.8 Å². The van der Waals surface area contributed by atoms with Crippen LogP contribution in [0.5, 0.6) is 0 Å². The van der Waals surface area contributed by atoms with Crippen LogP contribution in [0.25, 0.3) is 0 Å². The maximum Gasteiger partial charge on any atom is 0.268 e. The fourth-order valence-corrected chi connectivity index (χ4v) is 2.73. The lowest BCUT2D eigenvalue weighted by Crippen LogP contribution is -2.49. The van der Waals surface area contributed by atoms with E-state index in [1.165, 1.54) is 0 Å². The van der Waals surface area contributed by atoms with Crippen LogP contribution in [-0.4, -0.2) is 52.9 Å². The van der Waals surface area contributed by atoms with Gasteiger partial charge in [0.15, 0.2) is 0 Å². The first-order valence-electron chi connectivity index (χ1n) is 6.97. The Balaban J connectivity index is 1.97. The van der Waals surface area contributed by atoms with Crippen LogP contribution in [0.3, 0.4) is 0 Å². The number of aromatic nitrogens is 1. The largest absolute Gasteiger partial charge is 0.548 e. The number of nitrogens with one attached hydrogen (secondary N) is 3. The number of hydrogen-bond acceptors (Lipinski definition) is 4. The van der Waals surface area contributed by atoms with Gasteiger partial charge in [-0.15, -0.1) is 0 Å². The Kier molecular flexibility index (Phi) is 4.90. The number of H-pyrrole nitrogens is 1. The van der Waals surface area contributed by atoms with Gasteiger partial charge in [0.05, 0.1) is 19.1 Å². The highest BCUT2D eigenvalue weighted by atomic mass is 79.9. The summed E-state index contributed by atoms with van der Waals surface area (Å²) in [7, 11) is 1.93. The topological polar surface area (TPSA) is 100 Å². The quantitative estimate of drug-likeness (QED) is 0.584. The summed E-state index contributed by atoms with van der Waals surface area (Å²) in [6, 6.07) is 0.562. The summed E-state index contributed by atoms with van der Waals surface area (Å²) in [5, 5.41) is 16.9. The van der Waals surface area contributed by atoms with E-state index in [1.54, 1.807) is 12.3 Å². The third-order valence-corrected chi connectivity index (χ3v) is 4.53. The maximum absolute atomic E-state index is 12.0. The molecule has 1 aliphatic heterocycles. The SMILES string of the molecule is C[N+]1=CNC[C@]1(C)CC[C@@H](NC(=O)c1cc(Br)c[nH]1)C(=O)[O-]. The molecule has 0 radical (unpaired) electrons. The summed E-state index contributed by atoms with van der Waals surface area (Å²) < 4.78 is 2.74. The maximum atomic E-state index is 12.0. The van der Waals surface area contributed by atoms with E-state index in [0.29, 0.717) is 18.5 Å². The molecular formula is C14H19BrN4O3. The van der Waals surface area contributed by atoms with Gasteiger partial charge < -0.3 is 20.2 Å². The zero-order chi connectivity index (χ0) is 16.3. The fourth-order valence-electron chi connectivity index (χ4n) is 2.39. The molecule has 0 spiro atoms. The second kappa shape index (κ2) is 6.51. The van der Waals surface area contributed by atoms with E-state index in [-0.39, 0.29) is 5.54 Å². The average Bonchev–Trinajstić information content (AvgIpc) is 3.02. The van der Waals surface area contributed by atoms with Crippen molar-refractivity contribution in [2.24, 2.45) is 0 Å². The summed E-state index contributed by atoms with van der Waals surface area (Å²) in [5.74, 6) is -1.74. The molecule has 1 aromatic rings. The molecule has 0 saturated carbocycles. The number of carbonyl (C=O) groups is 2. The fraction of sp³-hybridized carbons (Fsp3) is 0.500. The third kappa shape index (κ3) is 3.68. The molecule has 3 N–H and O–H groups in total. The number of amides is 1. The minimum atomic E-state index is -1.28. The summed E-state index contributed by atoms with van der Waals surface area (Å²) in [5.41, 5.74) is 0.130. The van der Waals surface area contributed by atoms with Crippen LogP contribution >= 0.6 is 15.9 Å². The predicted molar refractivity (Wildman–Crippen MR) is 82.6 cm³/mol. The van der Waals surface area contributed by atoms with E-state index in [4.69, 9.17) is 0 Å². The highest BCUT2D eigenvalue weighted by Gasteiger charge is 2.36. The van der Waals surface area contributed by atoms with Gasteiger partial charge in [-0.2, -0.15) is 0 Å². The molecular weight excluding hydrogens is 352 g/mol. The molecule has 22 heavy (non-hydrogen) atoms. The number of nitrogens with zero attached hydrogens (tertiary/aromatic N) is 1.